The third-order valence-corrected chi connectivity index (χ3v) is 4.05. The summed E-state index contributed by atoms with van der Waals surface area (Å²) in [6, 6.07) is 0.326. The van der Waals surface area contributed by atoms with Crippen molar-refractivity contribution in [3.8, 4) is 0 Å². The van der Waals surface area contributed by atoms with Crippen LogP contribution in [-0.2, 0) is 10.2 Å². The minimum atomic E-state index is -3.47. The summed E-state index contributed by atoms with van der Waals surface area (Å²) in [6.45, 7) is 2.14. The van der Waals surface area contributed by atoms with E-state index in [1.165, 1.54) is 10.7 Å². The molecular weight excluding hydrogens is 190 g/mol. The van der Waals surface area contributed by atoms with Gasteiger partial charge in [-0.05, 0) is 25.3 Å². The van der Waals surface area contributed by atoms with Gasteiger partial charge in [0.25, 0.3) is 10.2 Å². The zero-order valence-corrected chi connectivity index (χ0v) is 8.26. The third kappa shape index (κ3) is 1.85. The Morgan fingerprint density at radius 1 is 1.38 bits per heavy atom. The molecule has 0 bridgehead atoms. The molecule has 0 radical (unpaired) electrons. The first-order valence-corrected chi connectivity index (χ1v) is 6.09. The van der Waals surface area contributed by atoms with Crippen LogP contribution in [0, 0.1) is 5.92 Å². The van der Waals surface area contributed by atoms with E-state index in [0.717, 1.165) is 13.0 Å². The molecular formula is C7H15N3O2S. The van der Waals surface area contributed by atoms with Crippen molar-refractivity contribution in [1.82, 2.24) is 9.62 Å². The summed E-state index contributed by atoms with van der Waals surface area (Å²) in [7, 11) is -3.47. The highest BCUT2D eigenvalue weighted by Gasteiger charge is 2.35. The molecule has 0 aliphatic carbocycles. The van der Waals surface area contributed by atoms with Gasteiger partial charge < -0.3 is 5.32 Å². The van der Waals surface area contributed by atoms with E-state index in [4.69, 9.17) is 5.14 Å². The predicted molar refractivity (Wildman–Crippen MR) is 49.2 cm³/mol. The van der Waals surface area contributed by atoms with E-state index in [9.17, 15) is 8.42 Å². The summed E-state index contributed by atoms with van der Waals surface area (Å²) in [5, 5.41) is 8.36. The highest BCUT2D eigenvalue weighted by molar-refractivity contribution is 7.86. The molecule has 2 rings (SSSR count). The smallest absolute Gasteiger partial charge is 0.276 e. The van der Waals surface area contributed by atoms with Gasteiger partial charge in [-0.1, -0.05) is 0 Å². The zero-order chi connectivity index (χ0) is 9.47. The number of nitrogens with zero attached hydrogens (tertiary/aromatic N) is 1. The van der Waals surface area contributed by atoms with Gasteiger partial charge in [-0.15, -0.1) is 0 Å². The molecule has 2 atom stereocenters. The molecule has 0 saturated carbocycles. The van der Waals surface area contributed by atoms with Gasteiger partial charge in [0.15, 0.2) is 0 Å². The number of rotatable bonds is 1. The Hall–Kier alpha value is -0.170. The minimum Gasteiger partial charge on any atom is -0.312 e. The minimum absolute atomic E-state index is 0.326. The van der Waals surface area contributed by atoms with Crippen molar-refractivity contribution in [1.29, 1.82) is 0 Å². The first kappa shape index (κ1) is 9.39. The fourth-order valence-corrected chi connectivity index (χ4v) is 2.96. The Morgan fingerprint density at radius 2 is 2.15 bits per heavy atom. The first-order valence-electron chi connectivity index (χ1n) is 4.58. The monoisotopic (exact) mass is 205 g/mol. The average Bonchev–Trinajstić information content (AvgIpc) is 2.47. The van der Waals surface area contributed by atoms with Crippen LogP contribution in [0.1, 0.15) is 12.8 Å². The summed E-state index contributed by atoms with van der Waals surface area (Å²) < 4.78 is 23.5. The van der Waals surface area contributed by atoms with Crippen molar-refractivity contribution in [2.75, 3.05) is 19.6 Å². The number of piperidine rings is 1. The topological polar surface area (TPSA) is 75.4 Å². The second kappa shape index (κ2) is 3.20. The SMILES string of the molecule is NS(=O)(=O)N1CCC2CCNC2C1. The molecule has 13 heavy (non-hydrogen) atoms. The van der Waals surface area contributed by atoms with E-state index < -0.39 is 10.2 Å². The normalized spacial score (nSPS) is 36.1. The molecule has 0 aromatic carbocycles. The van der Waals surface area contributed by atoms with Crippen LogP contribution in [-0.4, -0.2) is 38.4 Å². The maximum absolute atomic E-state index is 11.1. The molecule has 0 aromatic rings. The summed E-state index contributed by atoms with van der Waals surface area (Å²) in [6.07, 6.45) is 2.11. The quantitative estimate of drug-likeness (QED) is 0.569. The van der Waals surface area contributed by atoms with Crippen LogP contribution in [0.15, 0.2) is 0 Å². The molecule has 6 heteroatoms. The average molecular weight is 205 g/mol. The highest BCUT2D eigenvalue weighted by Crippen LogP contribution is 2.25. The molecule has 2 fully saturated rings. The van der Waals surface area contributed by atoms with E-state index in [-0.39, 0.29) is 0 Å². The molecule has 2 heterocycles. The molecule has 76 valence electrons. The van der Waals surface area contributed by atoms with Gasteiger partial charge in [0.1, 0.15) is 0 Å². The predicted octanol–water partition coefficient (Wildman–Crippen LogP) is -1.13. The number of hydrogen-bond donors (Lipinski definition) is 2. The van der Waals surface area contributed by atoms with Crippen LogP contribution in [0.4, 0.5) is 0 Å². The number of fused-ring (bicyclic) bond motifs is 1. The third-order valence-electron chi connectivity index (χ3n) is 3.00. The summed E-state index contributed by atoms with van der Waals surface area (Å²) in [5.41, 5.74) is 0. The fraction of sp³-hybridized carbons (Fsp3) is 1.00. The van der Waals surface area contributed by atoms with Gasteiger partial charge >= 0.3 is 0 Å². The second-order valence-corrected chi connectivity index (χ2v) is 5.35. The Labute approximate surface area is 78.5 Å². The van der Waals surface area contributed by atoms with Crippen molar-refractivity contribution in [2.24, 2.45) is 11.1 Å². The number of nitrogens with two attached hydrogens (primary N) is 1. The van der Waals surface area contributed by atoms with Crippen molar-refractivity contribution in [3.63, 3.8) is 0 Å². The lowest BCUT2D eigenvalue weighted by molar-refractivity contribution is 0.249. The lowest BCUT2D eigenvalue weighted by Crippen LogP contribution is -2.50. The van der Waals surface area contributed by atoms with Crippen molar-refractivity contribution < 1.29 is 8.42 Å². The van der Waals surface area contributed by atoms with Gasteiger partial charge in [0.2, 0.25) is 0 Å². The van der Waals surface area contributed by atoms with Gasteiger partial charge in [-0.25, -0.2) is 5.14 Å². The maximum atomic E-state index is 11.1. The number of hydrogen-bond acceptors (Lipinski definition) is 3. The van der Waals surface area contributed by atoms with Crippen molar-refractivity contribution in [2.45, 2.75) is 18.9 Å². The molecule has 2 aliphatic heterocycles. The van der Waals surface area contributed by atoms with E-state index in [2.05, 4.69) is 5.32 Å². The van der Waals surface area contributed by atoms with Crippen molar-refractivity contribution in [3.05, 3.63) is 0 Å². The zero-order valence-electron chi connectivity index (χ0n) is 7.44. The van der Waals surface area contributed by atoms with Crippen LogP contribution in [0.25, 0.3) is 0 Å². The Morgan fingerprint density at radius 3 is 2.85 bits per heavy atom. The largest absolute Gasteiger partial charge is 0.312 e. The van der Waals surface area contributed by atoms with E-state index in [0.29, 0.717) is 25.0 Å². The van der Waals surface area contributed by atoms with Gasteiger partial charge in [-0.3, -0.25) is 0 Å². The lowest BCUT2D eigenvalue weighted by atomic mass is 9.94. The van der Waals surface area contributed by atoms with Gasteiger partial charge in [0.05, 0.1) is 0 Å². The van der Waals surface area contributed by atoms with E-state index in [1.54, 1.807) is 0 Å². The molecule has 0 aromatic heterocycles. The van der Waals surface area contributed by atoms with Crippen molar-refractivity contribution >= 4 is 10.2 Å². The first-order chi connectivity index (χ1) is 6.07. The molecule has 5 nitrogen and oxygen atoms in total. The Balaban J connectivity index is 2.05. The van der Waals surface area contributed by atoms with Gasteiger partial charge in [0, 0.05) is 19.1 Å². The maximum Gasteiger partial charge on any atom is 0.276 e. The molecule has 0 spiro atoms. The highest BCUT2D eigenvalue weighted by atomic mass is 32.2. The molecule has 0 amide bonds. The van der Waals surface area contributed by atoms with E-state index in [1.807, 2.05) is 0 Å². The van der Waals surface area contributed by atoms with Crippen LogP contribution in [0.2, 0.25) is 0 Å². The lowest BCUT2D eigenvalue weighted by Gasteiger charge is -2.32. The summed E-state index contributed by atoms with van der Waals surface area (Å²) in [5.74, 6) is 0.651. The van der Waals surface area contributed by atoms with Crippen LogP contribution in [0.3, 0.4) is 0 Å². The molecule has 2 saturated heterocycles. The van der Waals surface area contributed by atoms with Crippen LogP contribution in [0.5, 0.6) is 0 Å². The van der Waals surface area contributed by atoms with E-state index >= 15 is 0 Å². The Kier molecular flexibility index (Phi) is 2.31. The second-order valence-electron chi connectivity index (χ2n) is 3.80. The standard InChI is InChI=1S/C7H15N3O2S/c8-13(11,12)10-4-2-6-1-3-9-7(6)5-10/h6-7,9H,1-5H2,(H2,8,11,12). The van der Waals surface area contributed by atoms with Gasteiger partial charge in [-0.2, -0.15) is 12.7 Å². The summed E-state index contributed by atoms with van der Waals surface area (Å²) >= 11 is 0. The Bertz CT molecular complexity index is 290. The number of nitrogens with one attached hydrogen (secondary N) is 1. The van der Waals surface area contributed by atoms with Crippen LogP contribution >= 0.6 is 0 Å². The molecule has 2 unspecified atom stereocenters. The van der Waals surface area contributed by atoms with Crippen LogP contribution < -0.4 is 10.5 Å². The summed E-state index contributed by atoms with van der Waals surface area (Å²) in [4.78, 5) is 0. The fourth-order valence-electron chi connectivity index (χ4n) is 2.23. The molecule has 2 aliphatic rings. The molecule has 3 N–H and O–H groups in total.